The molecule has 0 amide bonds. The van der Waals surface area contributed by atoms with Crippen LogP contribution in [0.3, 0.4) is 0 Å². The molecule has 5 nitrogen and oxygen atoms in total. The van der Waals surface area contributed by atoms with Gasteiger partial charge in [-0.05, 0) is 12.1 Å². The molecule has 1 aliphatic heterocycles. The van der Waals surface area contributed by atoms with Gasteiger partial charge >= 0.3 is 0 Å². The lowest BCUT2D eigenvalue weighted by Crippen LogP contribution is -2.20. The fraction of sp³-hybridized carbons (Fsp3) is 0.357. The summed E-state index contributed by atoms with van der Waals surface area (Å²) in [5.41, 5.74) is 1.76. The molecule has 1 aromatic carbocycles. The van der Waals surface area contributed by atoms with Crippen LogP contribution in [0.15, 0.2) is 30.7 Å². The van der Waals surface area contributed by atoms with Crippen LogP contribution in [0.4, 0.5) is 0 Å². The smallest absolute Gasteiger partial charge is 0.143 e. The van der Waals surface area contributed by atoms with E-state index in [4.69, 9.17) is 9.47 Å². The Kier molecular flexibility index (Phi) is 2.91. The summed E-state index contributed by atoms with van der Waals surface area (Å²) in [6, 6.07) is 5.48. The Morgan fingerprint density at radius 3 is 3.00 bits per heavy atom. The molecule has 1 unspecified atom stereocenters. The van der Waals surface area contributed by atoms with Gasteiger partial charge < -0.3 is 19.1 Å². The van der Waals surface area contributed by atoms with Gasteiger partial charge in [-0.2, -0.15) is 0 Å². The molecule has 1 aliphatic rings. The summed E-state index contributed by atoms with van der Waals surface area (Å²) in [6.45, 7) is 0. The van der Waals surface area contributed by atoms with Crippen molar-refractivity contribution in [2.45, 2.75) is 18.6 Å². The Bertz CT molecular complexity index is 594. The first kappa shape index (κ1) is 12.0. The zero-order chi connectivity index (χ0) is 13.4. The minimum absolute atomic E-state index is 0.192. The lowest BCUT2D eigenvalue weighted by atomic mass is 9.97. The van der Waals surface area contributed by atoms with Crippen LogP contribution in [0.5, 0.6) is 11.5 Å². The van der Waals surface area contributed by atoms with Gasteiger partial charge in [0, 0.05) is 25.1 Å². The second-order valence-corrected chi connectivity index (χ2v) is 4.69. The van der Waals surface area contributed by atoms with Gasteiger partial charge in [0.05, 0.1) is 31.4 Å². The molecule has 0 fully saturated rings. The average Bonchev–Trinajstić information content (AvgIpc) is 2.84. The number of fused-ring (bicyclic) bond motifs is 1. The van der Waals surface area contributed by atoms with Gasteiger partial charge in [0.25, 0.3) is 0 Å². The molecule has 3 rings (SSSR count). The Balaban J connectivity index is 1.96. The Morgan fingerprint density at radius 1 is 1.47 bits per heavy atom. The lowest BCUT2D eigenvalue weighted by Gasteiger charge is -2.29. The van der Waals surface area contributed by atoms with Crippen LogP contribution in [0.1, 0.15) is 29.9 Å². The third-order valence-corrected chi connectivity index (χ3v) is 3.47. The number of aliphatic hydroxyl groups is 1. The molecule has 0 spiro atoms. The summed E-state index contributed by atoms with van der Waals surface area (Å²) >= 11 is 0. The molecule has 0 saturated carbocycles. The first-order chi connectivity index (χ1) is 9.19. The summed E-state index contributed by atoms with van der Waals surface area (Å²) in [5.74, 6) is 1.39. The van der Waals surface area contributed by atoms with E-state index in [1.807, 2.05) is 23.7 Å². The number of hydrogen-bond donors (Lipinski definition) is 1. The Morgan fingerprint density at radius 2 is 2.32 bits per heavy atom. The first-order valence-corrected chi connectivity index (χ1v) is 6.18. The van der Waals surface area contributed by atoms with Crippen LogP contribution in [-0.4, -0.2) is 21.8 Å². The maximum atomic E-state index is 10.2. The zero-order valence-corrected chi connectivity index (χ0v) is 10.9. The van der Waals surface area contributed by atoms with E-state index in [0.29, 0.717) is 12.2 Å². The van der Waals surface area contributed by atoms with E-state index in [0.717, 1.165) is 17.0 Å². The van der Waals surface area contributed by atoms with Crippen LogP contribution < -0.4 is 9.47 Å². The van der Waals surface area contributed by atoms with E-state index < -0.39 is 6.10 Å². The van der Waals surface area contributed by atoms with Crippen molar-refractivity contribution in [3.8, 4) is 11.5 Å². The lowest BCUT2D eigenvalue weighted by molar-refractivity contribution is 0.0621. The monoisotopic (exact) mass is 260 g/mol. The number of methoxy groups -OCH3 is 1. The number of aliphatic hydroxyl groups excluding tert-OH is 1. The van der Waals surface area contributed by atoms with Crippen molar-refractivity contribution in [1.29, 1.82) is 0 Å². The number of ether oxygens (including phenoxy) is 2. The van der Waals surface area contributed by atoms with Crippen molar-refractivity contribution in [2.75, 3.05) is 7.11 Å². The van der Waals surface area contributed by atoms with Crippen LogP contribution >= 0.6 is 0 Å². The van der Waals surface area contributed by atoms with Gasteiger partial charge in [0.2, 0.25) is 0 Å². The van der Waals surface area contributed by atoms with Crippen LogP contribution in [0, 0.1) is 0 Å². The molecule has 19 heavy (non-hydrogen) atoms. The molecule has 0 bridgehead atoms. The fourth-order valence-electron chi connectivity index (χ4n) is 2.41. The topological polar surface area (TPSA) is 56.5 Å². The molecule has 0 aliphatic carbocycles. The zero-order valence-electron chi connectivity index (χ0n) is 10.9. The highest BCUT2D eigenvalue weighted by molar-refractivity contribution is 5.43. The number of benzene rings is 1. The number of nitrogens with zero attached hydrogens (tertiary/aromatic N) is 2. The number of hydrogen-bond acceptors (Lipinski definition) is 4. The second kappa shape index (κ2) is 4.59. The van der Waals surface area contributed by atoms with Gasteiger partial charge in [-0.15, -0.1) is 0 Å². The van der Waals surface area contributed by atoms with Crippen molar-refractivity contribution in [3.63, 3.8) is 0 Å². The van der Waals surface area contributed by atoms with Crippen LogP contribution in [-0.2, 0) is 7.05 Å². The molecule has 2 heterocycles. The molecule has 0 saturated heterocycles. The summed E-state index contributed by atoms with van der Waals surface area (Å²) in [7, 11) is 3.53. The second-order valence-electron chi connectivity index (χ2n) is 4.69. The minimum atomic E-state index is -0.533. The van der Waals surface area contributed by atoms with E-state index in [2.05, 4.69) is 4.98 Å². The van der Waals surface area contributed by atoms with E-state index in [1.165, 1.54) is 0 Å². The summed E-state index contributed by atoms with van der Waals surface area (Å²) in [4.78, 5) is 4.09. The molecule has 2 aromatic rings. The SMILES string of the molecule is COc1ccc2c(c1)OC(c1cncn1C)C[C@H]2O. The van der Waals surface area contributed by atoms with Crippen LogP contribution in [0.25, 0.3) is 0 Å². The molecule has 1 N–H and O–H groups in total. The fourth-order valence-corrected chi connectivity index (χ4v) is 2.41. The van der Waals surface area contributed by atoms with Crippen molar-refractivity contribution in [3.05, 3.63) is 42.0 Å². The van der Waals surface area contributed by atoms with Crippen molar-refractivity contribution in [1.82, 2.24) is 9.55 Å². The highest BCUT2D eigenvalue weighted by Crippen LogP contribution is 2.41. The number of imidazole rings is 1. The van der Waals surface area contributed by atoms with Crippen molar-refractivity contribution >= 4 is 0 Å². The van der Waals surface area contributed by atoms with Gasteiger partial charge in [-0.25, -0.2) is 4.98 Å². The highest BCUT2D eigenvalue weighted by atomic mass is 16.5. The average molecular weight is 260 g/mol. The first-order valence-electron chi connectivity index (χ1n) is 6.18. The van der Waals surface area contributed by atoms with Gasteiger partial charge in [-0.1, -0.05) is 0 Å². The molecule has 1 aromatic heterocycles. The summed E-state index contributed by atoms with van der Waals surface area (Å²) in [5, 5.41) is 10.2. The summed E-state index contributed by atoms with van der Waals surface area (Å²) in [6.07, 6.45) is 3.30. The molecule has 100 valence electrons. The van der Waals surface area contributed by atoms with Gasteiger partial charge in [0.1, 0.15) is 17.6 Å². The van der Waals surface area contributed by atoms with E-state index in [9.17, 15) is 5.11 Å². The largest absolute Gasteiger partial charge is 0.497 e. The predicted molar refractivity (Wildman–Crippen MR) is 69.1 cm³/mol. The minimum Gasteiger partial charge on any atom is -0.497 e. The molecule has 0 radical (unpaired) electrons. The quantitative estimate of drug-likeness (QED) is 0.897. The third-order valence-electron chi connectivity index (χ3n) is 3.47. The predicted octanol–water partition coefficient (Wildman–Crippen LogP) is 1.99. The Hall–Kier alpha value is -2.01. The maximum Gasteiger partial charge on any atom is 0.143 e. The molecular formula is C14H16N2O3. The highest BCUT2D eigenvalue weighted by Gasteiger charge is 2.29. The van der Waals surface area contributed by atoms with E-state index in [1.54, 1.807) is 25.7 Å². The number of aromatic nitrogens is 2. The van der Waals surface area contributed by atoms with Gasteiger partial charge in [0.15, 0.2) is 0 Å². The van der Waals surface area contributed by atoms with Crippen LogP contribution in [0.2, 0.25) is 0 Å². The normalized spacial score (nSPS) is 21.6. The molecular weight excluding hydrogens is 244 g/mol. The number of aryl methyl sites for hydroxylation is 1. The number of rotatable bonds is 2. The third kappa shape index (κ3) is 2.06. The van der Waals surface area contributed by atoms with Gasteiger partial charge in [-0.3, -0.25) is 0 Å². The standard InChI is InChI=1S/C14H16N2O3/c1-16-8-15-7-11(16)14-6-12(17)10-4-3-9(18-2)5-13(10)19-14/h3-5,7-8,12,14,17H,6H2,1-2H3/t12-,14?/m1/s1. The van der Waals surface area contributed by atoms with Crippen molar-refractivity contribution < 1.29 is 14.6 Å². The Labute approximate surface area is 111 Å². The molecule has 5 heteroatoms. The molecule has 2 atom stereocenters. The summed E-state index contributed by atoms with van der Waals surface area (Å²) < 4.78 is 13.1. The van der Waals surface area contributed by atoms with E-state index >= 15 is 0 Å². The van der Waals surface area contributed by atoms with Crippen molar-refractivity contribution in [2.24, 2.45) is 7.05 Å². The van der Waals surface area contributed by atoms with E-state index in [-0.39, 0.29) is 6.10 Å². The maximum absolute atomic E-state index is 10.2.